The fourth-order valence-corrected chi connectivity index (χ4v) is 2.51. The fraction of sp³-hybridized carbons (Fsp3) is 0.353. The standard InChI is InChI=1S/C17H19N3O3/c1-10(2)13-7-6-12(8-11(13)3)23-16-14(9-18)15(21)19(4)17(22)20(16)5/h6-8,10H,1-5H3. The van der Waals surface area contributed by atoms with Gasteiger partial charge in [-0.25, -0.2) is 4.79 Å². The van der Waals surface area contributed by atoms with Gasteiger partial charge in [0.05, 0.1) is 0 Å². The van der Waals surface area contributed by atoms with Crippen LogP contribution in [0.5, 0.6) is 11.6 Å². The number of ether oxygens (including phenoxy) is 1. The third-order valence-electron chi connectivity index (χ3n) is 3.80. The van der Waals surface area contributed by atoms with E-state index >= 15 is 0 Å². The van der Waals surface area contributed by atoms with Crippen LogP contribution in [0.2, 0.25) is 0 Å². The van der Waals surface area contributed by atoms with E-state index in [1.807, 2.05) is 25.1 Å². The van der Waals surface area contributed by atoms with Gasteiger partial charge < -0.3 is 4.74 Å². The van der Waals surface area contributed by atoms with E-state index in [0.717, 1.165) is 14.7 Å². The van der Waals surface area contributed by atoms with Crippen LogP contribution in [0.3, 0.4) is 0 Å². The number of aryl methyl sites for hydroxylation is 1. The first kappa shape index (κ1) is 16.6. The third-order valence-corrected chi connectivity index (χ3v) is 3.80. The van der Waals surface area contributed by atoms with Crippen molar-refractivity contribution in [2.24, 2.45) is 14.1 Å². The topological polar surface area (TPSA) is 77.0 Å². The lowest BCUT2D eigenvalue weighted by Gasteiger charge is -2.15. The van der Waals surface area contributed by atoms with Gasteiger partial charge in [0.25, 0.3) is 5.56 Å². The number of benzene rings is 1. The number of rotatable bonds is 3. The van der Waals surface area contributed by atoms with E-state index in [9.17, 15) is 14.9 Å². The predicted octanol–water partition coefficient (Wildman–Crippen LogP) is 2.18. The highest BCUT2D eigenvalue weighted by molar-refractivity contribution is 5.42. The molecule has 6 nitrogen and oxygen atoms in total. The molecule has 0 unspecified atom stereocenters. The smallest absolute Gasteiger partial charge is 0.333 e. The number of nitriles is 1. The molecule has 23 heavy (non-hydrogen) atoms. The molecule has 0 aliphatic rings. The molecule has 1 heterocycles. The van der Waals surface area contributed by atoms with Crippen molar-refractivity contribution in [2.45, 2.75) is 26.7 Å². The summed E-state index contributed by atoms with van der Waals surface area (Å²) in [5.74, 6) is 0.816. The van der Waals surface area contributed by atoms with E-state index in [0.29, 0.717) is 11.7 Å². The molecule has 0 radical (unpaired) electrons. The van der Waals surface area contributed by atoms with Gasteiger partial charge >= 0.3 is 5.69 Å². The summed E-state index contributed by atoms with van der Waals surface area (Å²) < 4.78 is 7.74. The molecule has 120 valence electrons. The molecule has 1 aromatic carbocycles. The van der Waals surface area contributed by atoms with Gasteiger partial charge in [0.2, 0.25) is 5.88 Å². The lowest BCUT2D eigenvalue weighted by molar-refractivity contribution is 0.421. The molecule has 0 aliphatic carbocycles. The molecule has 0 saturated heterocycles. The highest BCUT2D eigenvalue weighted by Gasteiger charge is 2.18. The van der Waals surface area contributed by atoms with Crippen LogP contribution in [0, 0.1) is 18.3 Å². The van der Waals surface area contributed by atoms with E-state index in [4.69, 9.17) is 4.74 Å². The highest BCUT2D eigenvalue weighted by Crippen LogP contribution is 2.27. The Morgan fingerprint density at radius 1 is 1.17 bits per heavy atom. The van der Waals surface area contributed by atoms with Crippen LogP contribution in [0.1, 0.15) is 36.5 Å². The second-order valence-electron chi connectivity index (χ2n) is 5.77. The van der Waals surface area contributed by atoms with Crippen molar-refractivity contribution in [2.75, 3.05) is 0 Å². The molecule has 0 atom stereocenters. The number of hydrogen-bond acceptors (Lipinski definition) is 4. The highest BCUT2D eigenvalue weighted by atomic mass is 16.5. The van der Waals surface area contributed by atoms with Gasteiger partial charge in [0.15, 0.2) is 5.56 Å². The zero-order valence-corrected chi connectivity index (χ0v) is 13.9. The minimum Gasteiger partial charge on any atom is -0.439 e. The second kappa shape index (κ2) is 6.13. The molecular formula is C17H19N3O3. The second-order valence-corrected chi connectivity index (χ2v) is 5.77. The Kier molecular flexibility index (Phi) is 4.41. The maximum atomic E-state index is 12.0. The molecule has 0 N–H and O–H groups in total. The average Bonchev–Trinajstić information content (AvgIpc) is 2.50. The average molecular weight is 313 g/mol. The number of aromatic nitrogens is 2. The maximum Gasteiger partial charge on any atom is 0.333 e. The van der Waals surface area contributed by atoms with Crippen molar-refractivity contribution in [3.63, 3.8) is 0 Å². The van der Waals surface area contributed by atoms with Crippen molar-refractivity contribution in [1.29, 1.82) is 5.26 Å². The molecule has 2 rings (SSSR count). The van der Waals surface area contributed by atoms with Gasteiger partial charge in [-0.3, -0.25) is 13.9 Å². The van der Waals surface area contributed by atoms with Crippen molar-refractivity contribution < 1.29 is 4.74 Å². The summed E-state index contributed by atoms with van der Waals surface area (Å²) in [6, 6.07) is 7.37. The predicted molar refractivity (Wildman–Crippen MR) is 87.0 cm³/mol. The van der Waals surface area contributed by atoms with Crippen molar-refractivity contribution in [1.82, 2.24) is 9.13 Å². The SMILES string of the molecule is Cc1cc(Oc2c(C#N)c(=O)n(C)c(=O)n2C)ccc1C(C)C. The van der Waals surface area contributed by atoms with E-state index in [2.05, 4.69) is 13.8 Å². The van der Waals surface area contributed by atoms with Crippen LogP contribution in [0.4, 0.5) is 0 Å². The molecule has 1 aromatic heterocycles. The molecule has 2 aromatic rings. The normalized spacial score (nSPS) is 10.7. The number of nitrogens with zero attached hydrogens (tertiary/aromatic N) is 3. The summed E-state index contributed by atoms with van der Waals surface area (Å²) in [5, 5.41) is 9.23. The first-order chi connectivity index (χ1) is 10.8. The quantitative estimate of drug-likeness (QED) is 0.870. The molecule has 0 spiro atoms. The van der Waals surface area contributed by atoms with Crippen LogP contribution >= 0.6 is 0 Å². The van der Waals surface area contributed by atoms with Crippen LogP contribution in [-0.4, -0.2) is 9.13 Å². The molecule has 6 heteroatoms. The maximum absolute atomic E-state index is 12.0. The zero-order valence-electron chi connectivity index (χ0n) is 13.9. The molecule has 0 aliphatic heterocycles. The summed E-state index contributed by atoms with van der Waals surface area (Å²) in [7, 11) is 2.80. The summed E-state index contributed by atoms with van der Waals surface area (Å²) in [6.45, 7) is 6.17. The van der Waals surface area contributed by atoms with Gasteiger partial charge in [0, 0.05) is 14.1 Å². The Morgan fingerprint density at radius 2 is 1.83 bits per heavy atom. The minimum atomic E-state index is -0.666. The largest absolute Gasteiger partial charge is 0.439 e. The molecule has 0 amide bonds. The monoisotopic (exact) mass is 313 g/mol. The summed E-state index contributed by atoms with van der Waals surface area (Å²) in [4.78, 5) is 24.1. The van der Waals surface area contributed by atoms with Crippen molar-refractivity contribution in [3.05, 3.63) is 55.7 Å². The third kappa shape index (κ3) is 2.90. The van der Waals surface area contributed by atoms with Gasteiger partial charge in [0.1, 0.15) is 11.8 Å². The van der Waals surface area contributed by atoms with Crippen LogP contribution in [0.25, 0.3) is 0 Å². The van der Waals surface area contributed by atoms with Crippen LogP contribution in [0.15, 0.2) is 27.8 Å². The van der Waals surface area contributed by atoms with Gasteiger partial charge in [-0.05, 0) is 36.1 Å². The van der Waals surface area contributed by atoms with E-state index in [-0.39, 0.29) is 11.4 Å². The first-order valence-corrected chi connectivity index (χ1v) is 7.26. The Balaban J connectivity index is 2.58. The van der Waals surface area contributed by atoms with Gasteiger partial charge in [-0.2, -0.15) is 5.26 Å². The summed E-state index contributed by atoms with van der Waals surface area (Å²) in [5.41, 5.74) is 0.835. The summed E-state index contributed by atoms with van der Waals surface area (Å²) in [6.07, 6.45) is 0. The zero-order chi connectivity index (χ0) is 17.3. The molecule has 0 fully saturated rings. The lowest BCUT2D eigenvalue weighted by atomic mass is 9.98. The Morgan fingerprint density at radius 3 is 2.35 bits per heavy atom. The fourth-order valence-electron chi connectivity index (χ4n) is 2.51. The lowest BCUT2D eigenvalue weighted by Crippen LogP contribution is -2.38. The first-order valence-electron chi connectivity index (χ1n) is 7.26. The van der Waals surface area contributed by atoms with E-state index < -0.39 is 11.2 Å². The van der Waals surface area contributed by atoms with Crippen LogP contribution < -0.4 is 16.0 Å². The Hall–Kier alpha value is -2.81. The molecule has 0 bridgehead atoms. The minimum absolute atomic E-state index is 0.0442. The van der Waals surface area contributed by atoms with Gasteiger partial charge in [-0.15, -0.1) is 0 Å². The van der Waals surface area contributed by atoms with E-state index in [1.54, 1.807) is 6.07 Å². The Labute approximate surface area is 134 Å². The Bertz CT molecular complexity index is 914. The number of hydrogen-bond donors (Lipinski definition) is 0. The molecular weight excluding hydrogens is 294 g/mol. The van der Waals surface area contributed by atoms with Crippen molar-refractivity contribution >= 4 is 0 Å². The van der Waals surface area contributed by atoms with E-state index in [1.165, 1.54) is 19.7 Å². The summed E-state index contributed by atoms with van der Waals surface area (Å²) >= 11 is 0. The van der Waals surface area contributed by atoms with Gasteiger partial charge in [-0.1, -0.05) is 19.9 Å². The van der Waals surface area contributed by atoms with Crippen molar-refractivity contribution in [3.8, 4) is 17.7 Å². The molecule has 0 saturated carbocycles. The van der Waals surface area contributed by atoms with Crippen LogP contribution in [-0.2, 0) is 14.1 Å².